The predicted molar refractivity (Wildman–Crippen MR) is 95.7 cm³/mol. The molecule has 0 bridgehead atoms. The van der Waals surface area contributed by atoms with Crippen molar-refractivity contribution in [3.8, 4) is 5.75 Å². The number of methoxy groups -OCH3 is 1. The average molecular weight is 345 g/mol. The fourth-order valence-corrected chi connectivity index (χ4v) is 3.53. The zero-order valence-electron chi connectivity index (χ0n) is 15.1. The molecule has 136 valence electrons. The first kappa shape index (κ1) is 17.7. The molecule has 1 aromatic rings. The highest BCUT2D eigenvalue weighted by atomic mass is 16.5. The normalized spacial score (nSPS) is 19.8. The third kappa shape index (κ3) is 4.12. The highest BCUT2D eigenvalue weighted by molar-refractivity contribution is 5.94. The number of carbonyl (C=O) groups is 2. The lowest BCUT2D eigenvalue weighted by atomic mass is 9.94. The standard InChI is InChI=1S/C19H27N3O3/c1-20-11-13-22(14-12-20)19(24)16-7-9-21(10-8-16)18(23)15-3-5-17(25-2)6-4-15/h3-6,16H,7-14H2,1-2H3. The van der Waals surface area contributed by atoms with Crippen molar-refractivity contribution in [1.82, 2.24) is 14.7 Å². The van der Waals surface area contributed by atoms with Crippen LogP contribution in [0, 0.1) is 5.92 Å². The summed E-state index contributed by atoms with van der Waals surface area (Å²) in [5.41, 5.74) is 0.671. The van der Waals surface area contributed by atoms with Crippen molar-refractivity contribution in [2.75, 3.05) is 53.4 Å². The number of amides is 2. The zero-order valence-corrected chi connectivity index (χ0v) is 15.1. The fourth-order valence-electron chi connectivity index (χ4n) is 3.53. The Morgan fingerprint density at radius 3 is 2.08 bits per heavy atom. The van der Waals surface area contributed by atoms with Gasteiger partial charge in [-0.2, -0.15) is 0 Å². The number of likely N-dealkylation sites (N-methyl/N-ethyl adjacent to an activating group) is 1. The molecule has 6 heteroatoms. The first-order valence-electron chi connectivity index (χ1n) is 8.99. The molecule has 2 heterocycles. The van der Waals surface area contributed by atoms with Crippen LogP contribution in [-0.4, -0.2) is 79.9 Å². The Labute approximate surface area is 149 Å². The van der Waals surface area contributed by atoms with Crippen LogP contribution in [0.2, 0.25) is 0 Å². The van der Waals surface area contributed by atoms with Crippen LogP contribution in [0.4, 0.5) is 0 Å². The van der Waals surface area contributed by atoms with Gasteiger partial charge in [-0.3, -0.25) is 9.59 Å². The van der Waals surface area contributed by atoms with Crippen molar-refractivity contribution in [2.24, 2.45) is 5.92 Å². The molecule has 25 heavy (non-hydrogen) atoms. The molecule has 1 aromatic carbocycles. The molecule has 0 saturated carbocycles. The molecule has 0 aliphatic carbocycles. The fraction of sp³-hybridized carbons (Fsp3) is 0.579. The lowest BCUT2D eigenvalue weighted by molar-refractivity contribution is -0.138. The molecule has 0 unspecified atom stereocenters. The maximum atomic E-state index is 12.7. The molecule has 0 radical (unpaired) electrons. The van der Waals surface area contributed by atoms with Crippen molar-refractivity contribution < 1.29 is 14.3 Å². The van der Waals surface area contributed by atoms with Crippen molar-refractivity contribution in [3.05, 3.63) is 29.8 Å². The topological polar surface area (TPSA) is 53.1 Å². The van der Waals surface area contributed by atoms with Gasteiger partial charge in [0.1, 0.15) is 5.75 Å². The Bertz CT molecular complexity index is 601. The Kier molecular flexibility index (Phi) is 5.58. The molecule has 0 atom stereocenters. The van der Waals surface area contributed by atoms with Gasteiger partial charge in [-0.15, -0.1) is 0 Å². The molecule has 3 rings (SSSR count). The molecule has 2 saturated heterocycles. The molecular formula is C19H27N3O3. The lowest BCUT2D eigenvalue weighted by Gasteiger charge is -2.37. The van der Waals surface area contributed by atoms with E-state index in [1.807, 2.05) is 9.80 Å². The van der Waals surface area contributed by atoms with Gasteiger partial charge < -0.3 is 19.4 Å². The van der Waals surface area contributed by atoms with Gasteiger partial charge in [0, 0.05) is 50.7 Å². The van der Waals surface area contributed by atoms with E-state index in [1.54, 1.807) is 31.4 Å². The van der Waals surface area contributed by atoms with E-state index >= 15 is 0 Å². The summed E-state index contributed by atoms with van der Waals surface area (Å²) in [5.74, 6) is 1.11. The molecule has 0 spiro atoms. The van der Waals surface area contributed by atoms with E-state index < -0.39 is 0 Å². The van der Waals surface area contributed by atoms with Crippen LogP contribution in [-0.2, 0) is 4.79 Å². The van der Waals surface area contributed by atoms with Crippen LogP contribution in [0.5, 0.6) is 5.75 Å². The molecule has 2 fully saturated rings. The molecular weight excluding hydrogens is 318 g/mol. The third-order valence-electron chi connectivity index (χ3n) is 5.28. The maximum Gasteiger partial charge on any atom is 0.253 e. The van der Waals surface area contributed by atoms with Gasteiger partial charge in [-0.1, -0.05) is 0 Å². The van der Waals surface area contributed by atoms with Gasteiger partial charge in [0.25, 0.3) is 5.91 Å². The van der Waals surface area contributed by atoms with E-state index in [4.69, 9.17) is 4.74 Å². The minimum absolute atomic E-state index is 0.0353. The van der Waals surface area contributed by atoms with Gasteiger partial charge in [0.05, 0.1) is 7.11 Å². The highest BCUT2D eigenvalue weighted by Gasteiger charge is 2.31. The minimum atomic E-state index is 0.0353. The van der Waals surface area contributed by atoms with E-state index in [2.05, 4.69) is 11.9 Å². The molecule has 0 aromatic heterocycles. The summed E-state index contributed by atoms with van der Waals surface area (Å²) in [4.78, 5) is 31.4. The van der Waals surface area contributed by atoms with E-state index in [1.165, 1.54) is 0 Å². The van der Waals surface area contributed by atoms with Crippen LogP contribution in [0.3, 0.4) is 0 Å². The Morgan fingerprint density at radius 2 is 1.52 bits per heavy atom. The second-order valence-electron chi connectivity index (χ2n) is 6.92. The van der Waals surface area contributed by atoms with Gasteiger partial charge in [0.2, 0.25) is 5.91 Å². The van der Waals surface area contributed by atoms with Gasteiger partial charge in [-0.25, -0.2) is 0 Å². The minimum Gasteiger partial charge on any atom is -0.497 e. The third-order valence-corrected chi connectivity index (χ3v) is 5.28. The van der Waals surface area contributed by atoms with E-state index in [9.17, 15) is 9.59 Å². The number of ether oxygens (including phenoxy) is 1. The number of likely N-dealkylation sites (tertiary alicyclic amines) is 1. The Morgan fingerprint density at radius 1 is 0.920 bits per heavy atom. The number of hydrogen-bond acceptors (Lipinski definition) is 4. The summed E-state index contributed by atoms with van der Waals surface area (Å²) >= 11 is 0. The van der Waals surface area contributed by atoms with Crippen molar-refractivity contribution in [3.63, 3.8) is 0 Å². The quantitative estimate of drug-likeness (QED) is 0.829. The predicted octanol–water partition coefficient (Wildman–Crippen LogP) is 1.32. The molecule has 2 aliphatic rings. The average Bonchev–Trinajstić information content (AvgIpc) is 2.67. The zero-order chi connectivity index (χ0) is 17.8. The Balaban J connectivity index is 1.52. The van der Waals surface area contributed by atoms with Crippen molar-refractivity contribution in [1.29, 1.82) is 0 Å². The molecule has 0 N–H and O–H groups in total. The number of hydrogen-bond donors (Lipinski definition) is 0. The highest BCUT2D eigenvalue weighted by Crippen LogP contribution is 2.22. The second-order valence-corrected chi connectivity index (χ2v) is 6.92. The van der Waals surface area contributed by atoms with E-state index in [-0.39, 0.29) is 17.7 Å². The molecule has 2 amide bonds. The van der Waals surface area contributed by atoms with Crippen LogP contribution < -0.4 is 4.74 Å². The van der Waals surface area contributed by atoms with Gasteiger partial charge >= 0.3 is 0 Å². The van der Waals surface area contributed by atoms with Gasteiger partial charge in [0.15, 0.2) is 0 Å². The molecule has 2 aliphatic heterocycles. The monoisotopic (exact) mass is 345 g/mol. The number of benzene rings is 1. The summed E-state index contributed by atoms with van der Waals surface area (Å²) in [7, 11) is 3.70. The second kappa shape index (κ2) is 7.87. The summed E-state index contributed by atoms with van der Waals surface area (Å²) in [6.45, 7) is 4.83. The molecule has 6 nitrogen and oxygen atoms in total. The van der Waals surface area contributed by atoms with E-state index in [0.29, 0.717) is 18.7 Å². The first-order valence-corrected chi connectivity index (χ1v) is 8.99. The number of piperazine rings is 1. The van der Waals surface area contributed by atoms with Crippen molar-refractivity contribution in [2.45, 2.75) is 12.8 Å². The van der Waals surface area contributed by atoms with Crippen LogP contribution >= 0.6 is 0 Å². The summed E-state index contributed by atoms with van der Waals surface area (Å²) < 4.78 is 5.13. The number of nitrogens with zero attached hydrogens (tertiary/aromatic N) is 3. The summed E-state index contributed by atoms with van der Waals surface area (Å²) in [5, 5.41) is 0. The smallest absolute Gasteiger partial charge is 0.253 e. The van der Waals surface area contributed by atoms with E-state index in [0.717, 1.165) is 44.8 Å². The largest absolute Gasteiger partial charge is 0.497 e. The number of rotatable bonds is 3. The summed E-state index contributed by atoms with van der Waals surface area (Å²) in [6, 6.07) is 7.19. The first-order chi connectivity index (χ1) is 12.1. The van der Waals surface area contributed by atoms with Crippen LogP contribution in [0.15, 0.2) is 24.3 Å². The van der Waals surface area contributed by atoms with Crippen LogP contribution in [0.25, 0.3) is 0 Å². The Hall–Kier alpha value is -2.08. The number of piperidine rings is 1. The maximum absolute atomic E-state index is 12.7. The number of carbonyl (C=O) groups excluding carboxylic acids is 2. The van der Waals surface area contributed by atoms with Crippen LogP contribution in [0.1, 0.15) is 23.2 Å². The summed E-state index contributed by atoms with van der Waals surface area (Å²) in [6.07, 6.45) is 1.51. The van der Waals surface area contributed by atoms with Gasteiger partial charge in [-0.05, 0) is 44.2 Å². The SMILES string of the molecule is COc1ccc(C(=O)N2CCC(C(=O)N3CCN(C)CC3)CC2)cc1. The van der Waals surface area contributed by atoms with Crippen molar-refractivity contribution >= 4 is 11.8 Å². The lowest BCUT2D eigenvalue weighted by Crippen LogP contribution is -2.51.